The van der Waals surface area contributed by atoms with E-state index >= 15 is 0 Å². The van der Waals surface area contributed by atoms with Crippen molar-refractivity contribution >= 4 is 15.5 Å². The number of hydrogen-bond acceptors (Lipinski definition) is 5. The van der Waals surface area contributed by atoms with Crippen LogP contribution in [-0.2, 0) is 14.6 Å². The molecule has 0 amide bonds. The van der Waals surface area contributed by atoms with E-state index in [2.05, 4.69) is 12.0 Å². The summed E-state index contributed by atoms with van der Waals surface area (Å²) >= 11 is 0. The fourth-order valence-corrected chi connectivity index (χ4v) is 2.45. The van der Waals surface area contributed by atoms with Crippen molar-refractivity contribution in [2.45, 2.75) is 4.90 Å². The molecule has 0 unspecified atom stereocenters. The van der Waals surface area contributed by atoms with Crippen LogP contribution in [0.15, 0.2) is 41.1 Å². The molecule has 1 saturated heterocycles. The summed E-state index contributed by atoms with van der Waals surface area (Å²) < 4.78 is 28.6. The van der Waals surface area contributed by atoms with E-state index in [9.17, 15) is 8.42 Å². The van der Waals surface area contributed by atoms with Crippen LogP contribution in [0.1, 0.15) is 0 Å². The maximum Gasteiger partial charge on any atom is 0.199 e. The number of nitrogens with zero attached hydrogens (tertiary/aromatic N) is 1. The third kappa shape index (κ3) is 3.10. The first kappa shape index (κ1) is 13.1. The zero-order chi connectivity index (χ0) is 13.0. The molecular formula is C12H16N2O3S. The van der Waals surface area contributed by atoms with Crippen molar-refractivity contribution in [3.05, 3.63) is 36.3 Å². The van der Waals surface area contributed by atoms with Crippen LogP contribution >= 0.6 is 0 Å². The number of sulfone groups is 1. The first-order valence-corrected chi connectivity index (χ1v) is 7.23. The van der Waals surface area contributed by atoms with Crippen LogP contribution < -0.4 is 5.43 Å². The lowest BCUT2D eigenvalue weighted by Crippen LogP contribution is -2.40. The third-order valence-corrected chi connectivity index (χ3v) is 4.03. The number of rotatable bonds is 4. The molecule has 1 aromatic rings. The number of hydrazine groups is 1. The lowest BCUT2D eigenvalue weighted by molar-refractivity contribution is 0.0497. The Morgan fingerprint density at radius 1 is 1.33 bits per heavy atom. The summed E-state index contributed by atoms with van der Waals surface area (Å²) in [5.41, 5.74) is 3.92. The van der Waals surface area contributed by atoms with Gasteiger partial charge in [0.25, 0.3) is 0 Å². The Morgan fingerprint density at radius 2 is 2.06 bits per heavy atom. The molecule has 0 aromatic heterocycles. The van der Waals surface area contributed by atoms with Gasteiger partial charge in [0.15, 0.2) is 9.84 Å². The monoisotopic (exact) mass is 268 g/mol. The summed E-state index contributed by atoms with van der Waals surface area (Å²) in [6.45, 7) is 6.23. The predicted octanol–water partition coefficient (Wildman–Crippen LogP) is 1.26. The second kappa shape index (κ2) is 5.51. The second-order valence-electron chi connectivity index (χ2n) is 3.95. The zero-order valence-electron chi connectivity index (χ0n) is 10.0. The molecule has 18 heavy (non-hydrogen) atoms. The lowest BCUT2D eigenvalue weighted by atomic mass is 10.3. The number of hydrogen-bond donors (Lipinski definition) is 1. The van der Waals surface area contributed by atoms with Crippen molar-refractivity contribution < 1.29 is 13.2 Å². The molecule has 0 aliphatic carbocycles. The van der Waals surface area contributed by atoms with E-state index < -0.39 is 9.84 Å². The van der Waals surface area contributed by atoms with Crippen molar-refractivity contribution in [2.75, 3.05) is 31.7 Å². The minimum atomic E-state index is -3.38. The molecule has 1 aliphatic heterocycles. The van der Waals surface area contributed by atoms with Gasteiger partial charge in [0.2, 0.25) is 0 Å². The molecule has 1 aliphatic rings. The Morgan fingerprint density at radius 3 is 2.72 bits per heavy atom. The average Bonchev–Trinajstić information content (AvgIpc) is 2.40. The van der Waals surface area contributed by atoms with E-state index in [1.807, 2.05) is 11.1 Å². The molecule has 98 valence electrons. The van der Waals surface area contributed by atoms with Crippen molar-refractivity contribution in [1.82, 2.24) is 5.01 Å². The predicted molar refractivity (Wildman–Crippen MR) is 69.8 cm³/mol. The Kier molecular flexibility index (Phi) is 4.00. The van der Waals surface area contributed by atoms with Gasteiger partial charge >= 0.3 is 0 Å². The molecule has 1 heterocycles. The molecule has 0 radical (unpaired) electrons. The third-order valence-electron chi connectivity index (χ3n) is 2.68. The summed E-state index contributed by atoms with van der Waals surface area (Å²) in [5, 5.41) is 2.96. The van der Waals surface area contributed by atoms with Crippen LogP contribution in [0.2, 0.25) is 0 Å². The number of nitrogens with one attached hydrogen (secondary N) is 1. The van der Waals surface area contributed by atoms with Crippen molar-refractivity contribution in [3.63, 3.8) is 0 Å². The molecule has 0 atom stereocenters. The molecule has 0 saturated carbocycles. The van der Waals surface area contributed by atoms with E-state index in [-0.39, 0.29) is 4.90 Å². The van der Waals surface area contributed by atoms with Gasteiger partial charge in [-0.25, -0.2) is 13.4 Å². The highest BCUT2D eigenvalue weighted by Crippen LogP contribution is 2.17. The summed E-state index contributed by atoms with van der Waals surface area (Å²) in [5.74, 6) is 0. The summed E-state index contributed by atoms with van der Waals surface area (Å²) in [7, 11) is -3.38. The maximum atomic E-state index is 11.7. The zero-order valence-corrected chi connectivity index (χ0v) is 10.8. The van der Waals surface area contributed by atoms with Gasteiger partial charge in [-0.15, -0.1) is 0 Å². The van der Waals surface area contributed by atoms with Gasteiger partial charge in [0, 0.05) is 18.5 Å². The Hall–Kier alpha value is -1.37. The van der Waals surface area contributed by atoms with Crippen LogP contribution in [0.3, 0.4) is 0 Å². The summed E-state index contributed by atoms with van der Waals surface area (Å²) in [4.78, 5) is 0.246. The van der Waals surface area contributed by atoms with Gasteiger partial charge in [-0.1, -0.05) is 12.6 Å². The first-order valence-electron chi connectivity index (χ1n) is 5.69. The summed E-state index contributed by atoms with van der Waals surface area (Å²) in [6.07, 6.45) is 0. The molecule has 5 nitrogen and oxygen atoms in total. The van der Waals surface area contributed by atoms with Gasteiger partial charge in [0.1, 0.15) is 0 Å². The molecule has 0 spiro atoms. The van der Waals surface area contributed by atoms with E-state index in [1.165, 1.54) is 0 Å². The molecule has 1 aromatic carbocycles. The maximum absolute atomic E-state index is 11.7. The molecule has 6 heteroatoms. The minimum Gasteiger partial charge on any atom is -0.379 e. The number of benzene rings is 1. The fourth-order valence-electron chi connectivity index (χ4n) is 1.70. The van der Waals surface area contributed by atoms with Crippen LogP contribution in [0, 0.1) is 0 Å². The highest BCUT2D eigenvalue weighted by Gasteiger charge is 2.12. The van der Waals surface area contributed by atoms with E-state index in [4.69, 9.17) is 4.74 Å². The van der Waals surface area contributed by atoms with Gasteiger partial charge in [-0.2, -0.15) is 0 Å². The van der Waals surface area contributed by atoms with Crippen molar-refractivity contribution in [3.8, 4) is 0 Å². The quantitative estimate of drug-likeness (QED) is 0.891. The summed E-state index contributed by atoms with van der Waals surface area (Å²) in [6, 6.07) is 6.70. The molecule has 0 bridgehead atoms. The normalized spacial score (nSPS) is 17.3. The number of morpholine rings is 1. The lowest BCUT2D eigenvalue weighted by Gasteiger charge is -2.28. The topological polar surface area (TPSA) is 58.6 Å². The smallest absolute Gasteiger partial charge is 0.199 e. The standard InChI is InChI=1S/C12H16N2O3S/c1-2-18(15,16)12-5-3-4-11(10-12)13-14-6-8-17-9-7-14/h2-5,10,13H,1,6-9H2. The van der Waals surface area contributed by atoms with Gasteiger partial charge in [-0.05, 0) is 18.2 Å². The van der Waals surface area contributed by atoms with Gasteiger partial charge in [-0.3, -0.25) is 0 Å². The van der Waals surface area contributed by atoms with Crippen LogP contribution in [0.5, 0.6) is 0 Å². The molecular weight excluding hydrogens is 252 g/mol. The van der Waals surface area contributed by atoms with E-state index in [0.717, 1.165) is 24.2 Å². The largest absolute Gasteiger partial charge is 0.379 e. The van der Waals surface area contributed by atoms with Crippen LogP contribution in [0.4, 0.5) is 5.69 Å². The first-order chi connectivity index (χ1) is 8.62. The van der Waals surface area contributed by atoms with E-state index in [0.29, 0.717) is 13.2 Å². The van der Waals surface area contributed by atoms with Crippen molar-refractivity contribution in [1.29, 1.82) is 0 Å². The Balaban J connectivity index is 2.14. The number of ether oxygens (including phenoxy) is 1. The Labute approximate surface area is 107 Å². The van der Waals surface area contributed by atoms with Crippen LogP contribution in [0.25, 0.3) is 0 Å². The fraction of sp³-hybridized carbons (Fsp3) is 0.333. The molecule has 1 N–H and O–H groups in total. The molecule has 2 rings (SSSR count). The van der Waals surface area contributed by atoms with E-state index in [1.54, 1.807) is 18.2 Å². The molecule has 1 fully saturated rings. The average molecular weight is 268 g/mol. The minimum absolute atomic E-state index is 0.246. The highest BCUT2D eigenvalue weighted by atomic mass is 32.2. The van der Waals surface area contributed by atoms with Crippen molar-refractivity contribution in [2.24, 2.45) is 0 Å². The SMILES string of the molecule is C=CS(=O)(=O)c1cccc(NN2CCOCC2)c1. The second-order valence-corrected chi connectivity index (χ2v) is 5.85. The van der Waals surface area contributed by atoms with Gasteiger partial charge < -0.3 is 10.2 Å². The Bertz CT molecular complexity index is 522. The van der Waals surface area contributed by atoms with Gasteiger partial charge in [0.05, 0.1) is 23.8 Å². The van der Waals surface area contributed by atoms with Crippen LogP contribution in [-0.4, -0.2) is 39.7 Å². The number of anilines is 1. The highest BCUT2D eigenvalue weighted by molar-refractivity contribution is 7.94.